The normalized spacial score (nSPS) is 20.7. The second kappa shape index (κ2) is 19.8. The van der Waals surface area contributed by atoms with Crippen LogP contribution < -0.4 is 5.32 Å². The van der Waals surface area contributed by atoms with Gasteiger partial charge >= 0.3 is 11.9 Å². The number of amides is 1. The minimum Gasteiger partial charge on any atom is -0.499 e. The Hall–Kier alpha value is -3.25. The first-order valence-corrected chi connectivity index (χ1v) is 17.8. The summed E-state index contributed by atoms with van der Waals surface area (Å²) in [6.07, 6.45) is 10.5. The lowest BCUT2D eigenvalue weighted by atomic mass is 9.91. The van der Waals surface area contributed by atoms with Crippen LogP contribution in [0.15, 0.2) is 42.2 Å². The summed E-state index contributed by atoms with van der Waals surface area (Å²) in [6, 6.07) is 6.19. The van der Waals surface area contributed by atoms with E-state index in [9.17, 15) is 19.5 Å². The van der Waals surface area contributed by atoms with Crippen molar-refractivity contribution in [1.29, 1.82) is 0 Å². The van der Waals surface area contributed by atoms with Crippen LogP contribution in [-0.2, 0) is 33.3 Å². The highest BCUT2D eigenvalue weighted by atomic mass is 16.8. The minimum atomic E-state index is -0.854. The van der Waals surface area contributed by atoms with E-state index in [0.717, 1.165) is 38.5 Å². The van der Waals surface area contributed by atoms with E-state index in [1.165, 1.54) is 6.26 Å². The van der Waals surface area contributed by atoms with Gasteiger partial charge in [0.25, 0.3) is 0 Å². The molecule has 1 aromatic carbocycles. The van der Waals surface area contributed by atoms with Crippen LogP contribution in [0.25, 0.3) is 6.08 Å². The second-order valence-electron chi connectivity index (χ2n) is 13.8. The Morgan fingerprint density at radius 2 is 1.78 bits per heavy atom. The van der Waals surface area contributed by atoms with Crippen LogP contribution in [0.4, 0.5) is 0 Å². The number of ether oxygens (including phenoxy) is 5. The van der Waals surface area contributed by atoms with Crippen LogP contribution in [0, 0.1) is 0 Å². The lowest BCUT2D eigenvalue weighted by molar-refractivity contribution is -0.190. The summed E-state index contributed by atoms with van der Waals surface area (Å²) in [5, 5.41) is 21.8. The zero-order chi connectivity index (χ0) is 35.9. The number of nitrogens with one attached hydrogen (secondary N) is 1. The SMILES string of the molecule is CCCCCC1(CCCCC)OC2C=C(C(=O)NC(CO)CCC(=O)OC(C)(C)C)CC(OC(=O)c3cccc(C=COCCO)c3)C2O1. The fourth-order valence-electron chi connectivity index (χ4n) is 5.99. The van der Waals surface area contributed by atoms with E-state index in [1.54, 1.807) is 51.1 Å². The molecule has 4 atom stereocenters. The third-order valence-corrected chi connectivity index (χ3v) is 8.41. The highest BCUT2D eigenvalue weighted by Gasteiger charge is 2.52. The highest BCUT2D eigenvalue weighted by molar-refractivity contribution is 5.94. The molecule has 1 aliphatic heterocycles. The summed E-state index contributed by atoms with van der Waals surface area (Å²) in [7, 11) is 0. The third-order valence-electron chi connectivity index (χ3n) is 8.41. The molecule has 11 nitrogen and oxygen atoms in total. The van der Waals surface area contributed by atoms with Crippen LogP contribution in [0.3, 0.4) is 0 Å². The Balaban J connectivity index is 1.83. The number of hydrogen-bond acceptors (Lipinski definition) is 10. The van der Waals surface area contributed by atoms with Gasteiger partial charge in [-0.3, -0.25) is 9.59 Å². The van der Waals surface area contributed by atoms with Crippen LogP contribution in [0.2, 0.25) is 0 Å². The molecular formula is C38H57NO10. The number of aliphatic hydroxyl groups is 2. The van der Waals surface area contributed by atoms with Crippen molar-refractivity contribution >= 4 is 23.9 Å². The fraction of sp³-hybridized carbons (Fsp3) is 0.658. The quantitative estimate of drug-likeness (QED) is 0.0877. The van der Waals surface area contributed by atoms with Gasteiger partial charge in [-0.15, -0.1) is 0 Å². The molecule has 1 heterocycles. The van der Waals surface area contributed by atoms with Crippen molar-refractivity contribution in [2.45, 2.75) is 141 Å². The molecule has 4 unspecified atom stereocenters. The lowest BCUT2D eigenvalue weighted by Gasteiger charge is -2.31. The summed E-state index contributed by atoms with van der Waals surface area (Å²) >= 11 is 0. The van der Waals surface area contributed by atoms with E-state index in [4.69, 9.17) is 28.8 Å². The summed E-state index contributed by atoms with van der Waals surface area (Å²) in [5.41, 5.74) is 0.749. The molecule has 0 bridgehead atoms. The lowest BCUT2D eigenvalue weighted by Crippen LogP contribution is -2.45. The Morgan fingerprint density at radius 3 is 2.41 bits per heavy atom. The molecule has 3 rings (SSSR count). The van der Waals surface area contributed by atoms with E-state index in [1.807, 2.05) is 6.07 Å². The van der Waals surface area contributed by atoms with Gasteiger partial charge in [-0.1, -0.05) is 51.7 Å². The number of carbonyl (C=O) groups excluding carboxylic acids is 3. The second-order valence-corrected chi connectivity index (χ2v) is 13.8. The van der Waals surface area contributed by atoms with Crippen molar-refractivity contribution in [1.82, 2.24) is 5.32 Å². The first-order chi connectivity index (χ1) is 23.4. The molecule has 1 amide bonds. The van der Waals surface area contributed by atoms with Crippen molar-refractivity contribution in [2.75, 3.05) is 19.8 Å². The zero-order valence-corrected chi connectivity index (χ0v) is 29.9. The molecule has 1 aliphatic carbocycles. The Bertz CT molecular complexity index is 1260. The molecule has 0 radical (unpaired) electrons. The van der Waals surface area contributed by atoms with Gasteiger partial charge in [-0.25, -0.2) is 4.79 Å². The molecule has 0 spiro atoms. The average Bonchev–Trinajstić information content (AvgIpc) is 3.43. The largest absolute Gasteiger partial charge is 0.499 e. The van der Waals surface area contributed by atoms with Gasteiger partial charge < -0.3 is 39.2 Å². The molecule has 0 aromatic heterocycles. The average molecular weight is 688 g/mol. The van der Waals surface area contributed by atoms with Crippen molar-refractivity contribution in [2.24, 2.45) is 0 Å². The van der Waals surface area contributed by atoms with Crippen molar-refractivity contribution < 1.29 is 48.3 Å². The maximum atomic E-state index is 13.6. The molecule has 11 heteroatoms. The summed E-state index contributed by atoms with van der Waals surface area (Å²) in [5.74, 6) is -2.27. The predicted octanol–water partition coefficient (Wildman–Crippen LogP) is 5.76. The monoisotopic (exact) mass is 687 g/mol. The molecule has 2 aliphatic rings. The molecular weight excluding hydrogens is 630 g/mol. The number of rotatable bonds is 20. The summed E-state index contributed by atoms with van der Waals surface area (Å²) in [6.45, 7) is 9.32. The van der Waals surface area contributed by atoms with E-state index in [-0.39, 0.29) is 39.1 Å². The van der Waals surface area contributed by atoms with Crippen LogP contribution in [0.5, 0.6) is 0 Å². The Morgan fingerprint density at radius 1 is 1.06 bits per heavy atom. The van der Waals surface area contributed by atoms with Gasteiger partial charge in [0.15, 0.2) is 5.79 Å². The predicted molar refractivity (Wildman–Crippen MR) is 185 cm³/mol. The standard InChI is InChI=1S/C38H57NO10/c1-6-8-10-18-38(19-11-9-7-2)47-32-25-29(35(43)39-30(26-41)15-16-33(42)48-37(3,4)5)24-31(34(32)49-38)46-36(44)28-14-12-13-27(23-28)17-21-45-22-20-40/h12-14,17,21,23,25,30-32,34,40-41H,6-11,15-16,18-20,22,24,26H2,1-5H3,(H,39,43). The number of esters is 2. The third kappa shape index (κ3) is 13.2. The number of fused-ring (bicyclic) bond motifs is 1. The number of hydrogen-bond donors (Lipinski definition) is 3. The fourth-order valence-corrected chi connectivity index (χ4v) is 5.99. The zero-order valence-electron chi connectivity index (χ0n) is 29.9. The number of carbonyl (C=O) groups is 3. The van der Waals surface area contributed by atoms with E-state index in [2.05, 4.69) is 19.2 Å². The molecule has 1 saturated heterocycles. The van der Waals surface area contributed by atoms with Crippen molar-refractivity contribution in [3.8, 4) is 0 Å². The van der Waals surface area contributed by atoms with E-state index in [0.29, 0.717) is 29.5 Å². The van der Waals surface area contributed by atoms with Crippen LogP contribution >= 0.6 is 0 Å². The first kappa shape index (κ1) is 40.2. The maximum absolute atomic E-state index is 13.6. The maximum Gasteiger partial charge on any atom is 0.338 e. The topological polar surface area (TPSA) is 150 Å². The van der Waals surface area contributed by atoms with Gasteiger partial charge in [0, 0.05) is 31.3 Å². The van der Waals surface area contributed by atoms with Gasteiger partial charge in [-0.05, 0) is 69.9 Å². The Kier molecular flexibility index (Phi) is 16.2. The number of benzene rings is 1. The van der Waals surface area contributed by atoms with Gasteiger partial charge in [0.1, 0.15) is 30.5 Å². The smallest absolute Gasteiger partial charge is 0.338 e. The van der Waals surface area contributed by atoms with Crippen LogP contribution in [-0.4, -0.2) is 83.6 Å². The molecule has 3 N–H and O–H groups in total. The Labute approximate surface area is 291 Å². The molecule has 1 fully saturated rings. The number of unbranched alkanes of at least 4 members (excludes halogenated alkanes) is 4. The molecule has 49 heavy (non-hydrogen) atoms. The van der Waals surface area contributed by atoms with Crippen LogP contribution in [0.1, 0.15) is 121 Å². The van der Waals surface area contributed by atoms with Gasteiger partial charge in [-0.2, -0.15) is 0 Å². The van der Waals surface area contributed by atoms with E-state index >= 15 is 0 Å². The van der Waals surface area contributed by atoms with Gasteiger partial charge in [0.2, 0.25) is 5.91 Å². The molecule has 0 saturated carbocycles. The number of aliphatic hydroxyl groups excluding tert-OH is 2. The molecule has 274 valence electrons. The first-order valence-electron chi connectivity index (χ1n) is 17.8. The summed E-state index contributed by atoms with van der Waals surface area (Å²) < 4.78 is 30.1. The minimum absolute atomic E-state index is 0.0313. The highest BCUT2D eigenvalue weighted by Crippen LogP contribution is 2.43. The van der Waals surface area contributed by atoms with Gasteiger partial charge in [0.05, 0.1) is 31.1 Å². The van der Waals surface area contributed by atoms with Crippen molar-refractivity contribution in [3.05, 3.63) is 53.3 Å². The van der Waals surface area contributed by atoms with Crippen molar-refractivity contribution in [3.63, 3.8) is 0 Å². The molecule has 1 aromatic rings. The summed E-state index contributed by atoms with van der Waals surface area (Å²) in [4.78, 5) is 39.5. The van der Waals surface area contributed by atoms with E-state index < -0.39 is 53.6 Å².